The molecule has 3 heterocycles. The van der Waals surface area contributed by atoms with Gasteiger partial charge in [-0.1, -0.05) is 12.1 Å². The average Bonchev–Trinajstić information content (AvgIpc) is 3.15. The monoisotopic (exact) mass is 446 g/mol. The summed E-state index contributed by atoms with van der Waals surface area (Å²) in [7, 11) is -3.70. The molecule has 158 valence electrons. The molecule has 4 rings (SSSR count). The van der Waals surface area contributed by atoms with Crippen LogP contribution in [0.5, 0.6) is 0 Å². The van der Waals surface area contributed by atoms with Crippen LogP contribution in [0.2, 0.25) is 0 Å². The predicted molar refractivity (Wildman–Crippen MR) is 116 cm³/mol. The van der Waals surface area contributed by atoms with E-state index in [1.54, 1.807) is 18.3 Å². The van der Waals surface area contributed by atoms with Crippen LogP contribution in [-0.2, 0) is 10.0 Å². The van der Waals surface area contributed by atoms with Gasteiger partial charge in [0.25, 0.3) is 0 Å². The van der Waals surface area contributed by atoms with Crippen molar-refractivity contribution in [2.75, 3.05) is 18.4 Å². The number of halogens is 1. The van der Waals surface area contributed by atoms with Gasteiger partial charge in [-0.05, 0) is 56.5 Å². The lowest BCUT2D eigenvalue weighted by Gasteiger charge is -2.31. The number of pyridine rings is 1. The molecule has 1 aliphatic rings. The summed E-state index contributed by atoms with van der Waals surface area (Å²) in [6, 6.07) is 9.89. The molecule has 0 saturated carbocycles. The summed E-state index contributed by atoms with van der Waals surface area (Å²) in [5, 5.41) is 4.02. The Labute approximate surface area is 179 Å². The molecular formula is C21H23FN4O2S2. The Morgan fingerprint density at radius 3 is 2.60 bits per heavy atom. The minimum Gasteiger partial charge on any atom is -0.316 e. The van der Waals surface area contributed by atoms with Gasteiger partial charge in [-0.15, -0.1) is 11.3 Å². The van der Waals surface area contributed by atoms with Crippen molar-refractivity contribution in [3.8, 4) is 0 Å². The fourth-order valence-corrected chi connectivity index (χ4v) is 5.70. The largest absolute Gasteiger partial charge is 0.316 e. The molecular weight excluding hydrogens is 423 g/mol. The molecule has 0 bridgehead atoms. The molecule has 1 aromatic carbocycles. The number of anilines is 2. The van der Waals surface area contributed by atoms with Gasteiger partial charge >= 0.3 is 0 Å². The Morgan fingerprint density at radius 1 is 1.17 bits per heavy atom. The molecule has 2 aromatic heterocycles. The summed E-state index contributed by atoms with van der Waals surface area (Å²) in [5.74, 6) is 0.396. The molecule has 30 heavy (non-hydrogen) atoms. The average molecular weight is 447 g/mol. The van der Waals surface area contributed by atoms with Gasteiger partial charge < -0.3 is 5.32 Å². The van der Waals surface area contributed by atoms with Crippen molar-refractivity contribution in [3.63, 3.8) is 0 Å². The van der Waals surface area contributed by atoms with Crippen LogP contribution in [0.15, 0.2) is 47.5 Å². The molecule has 0 unspecified atom stereocenters. The quantitative estimate of drug-likeness (QED) is 0.620. The maximum Gasteiger partial charge on any atom is 0.243 e. The van der Waals surface area contributed by atoms with E-state index in [1.165, 1.54) is 16.4 Å². The fourth-order valence-electron chi connectivity index (χ4n) is 3.55. The Morgan fingerprint density at radius 2 is 1.93 bits per heavy atom. The number of thiazole rings is 1. The van der Waals surface area contributed by atoms with Gasteiger partial charge in [-0.25, -0.2) is 22.8 Å². The molecule has 1 fully saturated rings. The standard InChI is InChI=1S/C21H23FN4O2S2/c1-14-6-7-17(12-18(14)22)30(27,28)26-10-8-16(9-11-26)19-4-3-5-20(24-19)25-21-23-13-15(2)29-21/h3-7,12-13,16H,8-11H2,1-2H3,(H,23,24,25). The Balaban J connectivity index is 1.44. The van der Waals surface area contributed by atoms with Gasteiger partial charge in [-0.3, -0.25) is 0 Å². The highest BCUT2D eigenvalue weighted by Crippen LogP contribution is 2.31. The normalized spacial score (nSPS) is 16.0. The summed E-state index contributed by atoms with van der Waals surface area (Å²) < 4.78 is 41.1. The summed E-state index contributed by atoms with van der Waals surface area (Å²) >= 11 is 1.56. The first-order valence-corrected chi connectivity index (χ1v) is 12.0. The third-order valence-electron chi connectivity index (χ3n) is 5.28. The molecule has 0 atom stereocenters. The molecule has 1 aliphatic heterocycles. The summed E-state index contributed by atoms with van der Waals surface area (Å²) in [6.45, 7) is 4.38. The highest BCUT2D eigenvalue weighted by atomic mass is 32.2. The number of aryl methyl sites for hydroxylation is 2. The molecule has 0 spiro atoms. The van der Waals surface area contributed by atoms with Crippen molar-refractivity contribution in [2.24, 2.45) is 0 Å². The van der Waals surface area contributed by atoms with Crippen molar-refractivity contribution in [1.82, 2.24) is 14.3 Å². The van der Waals surface area contributed by atoms with Crippen LogP contribution in [0.3, 0.4) is 0 Å². The summed E-state index contributed by atoms with van der Waals surface area (Å²) in [5.41, 5.74) is 1.37. The zero-order chi connectivity index (χ0) is 21.3. The van der Waals surface area contributed by atoms with Gasteiger partial charge in [0.2, 0.25) is 10.0 Å². The van der Waals surface area contributed by atoms with E-state index in [0.29, 0.717) is 31.5 Å². The number of piperidine rings is 1. The molecule has 9 heteroatoms. The summed E-state index contributed by atoms with van der Waals surface area (Å²) in [6.07, 6.45) is 3.15. The van der Waals surface area contributed by atoms with E-state index in [0.717, 1.165) is 27.6 Å². The first-order valence-electron chi connectivity index (χ1n) is 9.75. The van der Waals surface area contributed by atoms with E-state index >= 15 is 0 Å². The SMILES string of the molecule is Cc1cnc(Nc2cccc(C3CCN(S(=O)(=O)c4ccc(C)c(F)c4)CC3)n2)s1. The minimum atomic E-state index is -3.70. The Bertz CT molecular complexity index is 1160. The van der Waals surface area contributed by atoms with E-state index in [-0.39, 0.29) is 10.8 Å². The van der Waals surface area contributed by atoms with Crippen LogP contribution in [0.25, 0.3) is 0 Å². The number of rotatable bonds is 5. The number of aromatic nitrogens is 2. The Hall–Kier alpha value is -2.36. The third-order valence-corrected chi connectivity index (χ3v) is 8.00. The molecule has 0 amide bonds. The van der Waals surface area contributed by atoms with Gasteiger partial charge in [0.1, 0.15) is 11.6 Å². The zero-order valence-electron chi connectivity index (χ0n) is 16.8. The molecule has 3 aromatic rings. The van der Waals surface area contributed by atoms with Gasteiger partial charge in [-0.2, -0.15) is 4.31 Å². The number of hydrogen-bond donors (Lipinski definition) is 1. The first kappa shape index (κ1) is 20.9. The number of sulfonamides is 1. The second kappa shape index (κ2) is 8.41. The number of benzene rings is 1. The zero-order valence-corrected chi connectivity index (χ0v) is 18.4. The molecule has 1 saturated heterocycles. The van der Waals surface area contributed by atoms with E-state index < -0.39 is 15.8 Å². The highest BCUT2D eigenvalue weighted by molar-refractivity contribution is 7.89. The van der Waals surface area contributed by atoms with E-state index in [9.17, 15) is 12.8 Å². The summed E-state index contributed by atoms with van der Waals surface area (Å²) in [4.78, 5) is 10.1. The van der Waals surface area contributed by atoms with Crippen molar-refractivity contribution in [1.29, 1.82) is 0 Å². The minimum absolute atomic E-state index is 0.00659. The highest BCUT2D eigenvalue weighted by Gasteiger charge is 2.30. The van der Waals surface area contributed by atoms with Crippen molar-refractivity contribution in [2.45, 2.75) is 37.5 Å². The van der Waals surface area contributed by atoms with Crippen LogP contribution in [0.4, 0.5) is 15.3 Å². The fraction of sp³-hybridized carbons (Fsp3) is 0.333. The number of nitrogens with one attached hydrogen (secondary N) is 1. The topological polar surface area (TPSA) is 75.2 Å². The van der Waals surface area contributed by atoms with Crippen LogP contribution >= 0.6 is 11.3 Å². The molecule has 1 N–H and O–H groups in total. The van der Waals surface area contributed by atoms with E-state index in [2.05, 4.69) is 10.3 Å². The lowest BCUT2D eigenvalue weighted by atomic mass is 9.94. The number of hydrogen-bond acceptors (Lipinski definition) is 6. The van der Waals surface area contributed by atoms with Crippen molar-refractivity contribution in [3.05, 3.63) is 64.5 Å². The second-order valence-electron chi connectivity index (χ2n) is 7.44. The molecule has 6 nitrogen and oxygen atoms in total. The molecule has 0 aliphatic carbocycles. The van der Waals surface area contributed by atoms with Crippen molar-refractivity contribution < 1.29 is 12.8 Å². The van der Waals surface area contributed by atoms with Crippen LogP contribution in [0, 0.1) is 19.7 Å². The maximum atomic E-state index is 13.9. The number of nitrogens with zero attached hydrogens (tertiary/aromatic N) is 3. The second-order valence-corrected chi connectivity index (χ2v) is 10.6. The lowest BCUT2D eigenvalue weighted by molar-refractivity contribution is 0.316. The van der Waals surface area contributed by atoms with Gasteiger partial charge in [0.15, 0.2) is 5.13 Å². The van der Waals surface area contributed by atoms with Crippen LogP contribution in [0.1, 0.15) is 34.9 Å². The van der Waals surface area contributed by atoms with E-state index in [4.69, 9.17) is 4.98 Å². The van der Waals surface area contributed by atoms with Crippen LogP contribution < -0.4 is 5.32 Å². The lowest BCUT2D eigenvalue weighted by Crippen LogP contribution is -2.38. The van der Waals surface area contributed by atoms with Gasteiger partial charge in [0, 0.05) is 35.8 Å². The third kappa shape index (κ3) is 4.38. The predicted octanol–water partition coefficient (Wildman–Crippen LogP) is 4.61. The molecule has 0 radical (unpaired) electrons. The van der Waals surface area contributed by atoms with Gasteiger partial charge in [0.05, 0.1) is 4.90 Å². The maximum absolute atomic E-state index is 13.9. The first-order chi connectivity index (χ1) is 14.3. The van der Waals surface area contributed by atoms with Crippen LogP contribution in [-0.4, -0.2) is 35.8 Å². The van der Waals surface area contributed by atoms with E-state index in [1.807, 2.05) is 31.3 Å². The Kier molecular flexibility index (Phi) is 5.86. The van der Waals surface area contributed by atoms with Crippen molar-refractivity contribution >= 4 is 32.3 Å². The smallest absolute Gasteiger partial charge is 0.243 e.